The van der Waals surface area contributed by atoms with Crippen molar-refractivity contribution in [3.63, 3.8) is 0 Å². The lowest BCUT2D eigenvalue weighted by Gasteiger charge is -2.17. The Balaban J connectivity index is 1.83. The van der Waals surface area contributed by atoms with Crippen molar-refractivity contribution < 1.29 is 14.6 Å². The van der Waals surface area contributed by atoms with Gasteiger partial charge in [-0.3, -0.25) is 0 Å². The topological polar surface area (TPSA) is 46.5 Å². The first kappa shape index (κ1) is 18.5. The van der Waals surface area contributed by atoms with E-state index in [1.165, 1.54) is 0 Å². The predicted octanol–water partition coefficient (Wildman–Crippen LogP) is 6.30. The summed E-state index contributed by atoms with van der Waals surface area (Å²) in [4.78, 5) is 11.9. The summed E-state index contributed by atoms with van der Waals surface area (Å²) < 4.78 is 6.08. The summed E-state index contributed by atoms with van der Waals surface area (Å²) in [6, 6.07) is 33.0. The summed E-state index contributed by atoms with van der Waals surface area (Å²) in [7, 11) is 0. The number of carbonyl (C=O) groups is 1. The van der Waals surface area contributed by atoms with Crippen molar-refractivity contribution in [1.82, 2.24) is 0 Å². The molecule has 0 amide bonds. The molecule has 0 saturated carbocycles. The van der Waals surface area contributed by atoms with Crippen LogP contribution in [0.15, 0.2) is 103 Å². The first-order valence-corrected chi connectivity index (χ1v) is 9.42. The Morgan fingerprint density at radius 1 is 0.655 bits per heavy atom. The third-order valence-corrected chi connectivity index (χ3v) is 4.77. The zero-order valence-electron chi connectivity index (χ0n) is 15.8. The van der Waals surface area contributed by atoms with Crippen molar-refractivity contribution in [2.24, 2.45) is 0 Å². The van der Waals surface area contributed by atoms with Crippen molar-refractivity contribution >= 4 is 5.97 Å². The smallest absolute Gasteiger partial charge is 0.339 e. The van der Waals surface area contributed by atoms with E-state index in [9.17, 15) is 9.90 Å². The van der Waals surface area contributed by atoms with E-state index in [1.54, 1.807) is 12.1 Å². The van der Waals surface area contributed by atoms with Gasteiger partial charge in [-0.25, -0.2) is 4.79 Å². The Kier molecular flexibility index (Phi) is 5.39. The number of hydrogen-bond acceptors (Lipinski definition) is 2. The van der Waals surface area contributed by atoms with Gasteiger partial charge in [-0.05, 0) is 28.3 Å². The molecule has 0 spiro atoms. The molecule has 0 unspecified atom stereocenters. The lowest BCUT2D eigenvalue weighted by Crippen LogP contribution is -2.05. The molecule has 0 saturated heterocycles. The van der Waals surface area contributed by atoms with Gasteiger partial charge in [0.25, 0.3) is 0 Å². The quantitative estimate of drug-likeness (QED) is 0.427. The summed E-state index contributed by atoms with van der Waals surface area (Å²) in [6.45, 7) is 0.297. The van der Waals surface area contributed by atoms with Gasteiger partial charge in [-0.1, -0.05) is 97.1 Å². The van der Waals surface area contributed by atoms with Gasteiger partial charge in [-0.15, -0.1) is 0 Å². The lowest BCUT2D eigenvalue weighted by molar-refractivity contribution is 0.0692. The molecule has 0 aliphatic rings. The highest BCUT2D eigenvalue weighted by Gasteiger charge is 2.19. The van der Waals surface area contributed by atoms with Gasteiger partial charge in [0.15, 0.2) is 0 Å². The maximum atomic E-state index is 11.9. The minimum absolute atomic E-state index is 0.154. The van der Waals surface area contributed by atoms with Crippen LogP contribution in [0.25, 0.3) is 22.3 Å². The summed E-state index contributed by atoms with van der Waals surface area (Å²) in [6.07, 6.45) is 0. The molecule has 0 atom stereocenters. The molecule has 4 rings (SSSR count). The van der Waals surface area contributed by atoms with Crippen molar-refractivity contribution in [3.05, 3.63) is 114 Å². The molecule has 3 heteroatoms. The predicted molar refractivity (Wildman–Crippen MR) is 115 cm³/mol. The number of carboxylic acids is 1. The van der Waals surface area contributed by atoms with Crippen molar-refractivity contribution in [2.45, 2.75) is 6.61 Å². The van der Waals surface area contributed by atoms with Crippen LogP contribution in [0.2, 0.25) is 0 Å². The molecule has 1 N–H and O–H groups in total. The highest BCUT2D eigenvalue weighted by atomic mass is 16.5. The van der Waals surface area contributed by atoms with Gasteiger partial charge in [0.05, 0.1) is 0 Å². The van der Waals surface area contributed by atoms with Gasteiger partial charge >= 0.3 is 5.97 Å². The number of carboxylic acid groups (broad SMARTS) is 1. The number of ether oxygens (including phenoxy) is 1. The molecule has 0 aliphatic heterocycles. The fourth-order valence-electron chi connectivity index (χ4n) is 3.39. The van der Waals surface area contributed by atoms with E-state index >= 15 is 0 Å². The molecule has 0 bridgehead atoms. The molecule has 0 aliphatic carbocycles. The fraction of sp³-hybridized carbons (Fsp3) is 0.0385. The van der Waals surface area contributed by atoms with Gasteiger partial charge < -0.3 is 9.84 Å². The zero-order chi connectivity index (χ0) is 20.1. The minimum atomic E-state index is -1.01. The average Bonchev–Trinajstić information content (AvgIpc) is 2.78. The first-order valence-electron chi connectivity index (χ1n) is 9.42. The molecule has 0 radical (unpaired) electrons. The fourth-order valence-corrected chi connectivity index (χ4v) is 3.39. The van der Waals surface area contributed by atoms with E-state index in [-0.39, 0.29) is 5.56 Å². The first-order chi connectivity index (χ1) is 14.2. The summed E-state index contributed by atoms with van der Waals surface area (Å²) in [5.74, 6) is -0.626. The van der Waals surface area contributed by atoms with E-state index < -0.39 is 5.97 Å². The van der Waals surface area contributed by atoms with Gasteiger partial charge in [0.2, 0.25) is 0 Å². The molecule has 0 aromatic heterocycles. The second-order valence-corrected chi connectivity index (χ2v) is 6.67. The summed E-state index contributed by atoms with van der Waals surface area (Å²) in [5.41, 5.74) is 4.93. The summed E-state index contributed by atoms with van der Waals surface area (Å²) in [5, 5.41) is 9.74. The Bertz CT molecular complexity index is 1120. The van der Waals surface area contributed by atoms with Crippen LogP contribution in [-0.2, 0) is 6.61 Å². The highest BCUT2D eigenvalue weighted by molar-refractivity contribution is 5.96. The largest absolute Gasteiger partial charge is 0.487 e. The molecule has 142 valence electrons. The molecule has 3 nitrogen and oxygen atoms in total. The van der Waals surface area contributed by atoms with Crippen molar-refractivity contribution in [1.29, 1.82) is 0 Å². The molecule has 4 aromatic rings. The Hall–Kier alpha value is -3.85. The Morgan fingerprint density at radius 2 is 1.24 bits per heavy atom. The van der Waals surface area contributed by atoms with Crippen LogP contribution in [0.1, 0.15) is 15.9 Å². The standard InChI is InChI=1S/C26H20O3/c27-26(28)24-17-9-16-23(25(24)29-18-19-10-3-1-4-11-19)22-15-8-7-14-21(22)20-12-5-2-6-13-20/h1-17H,18H2,(H,27,28). The number of aromatic carboxylic acids is 1. The van der Waals surface area contributed by atoms with Crippen LogP contribution in [0.4, 0.5) is 0 Å². The molecular formula is C26H20O3. The molecule has 4 aromatic carbocycles. The van der Waals surface area contributed by atoms with Gasteiger partial charge in [0, 0.05) is 5.56 Å². The summed E-state index contributed by atoms with van der Waals surface area (Å²) >= 11 is 0. The van der Waals surface area contributed by atoms with E-state index in [1.807, 2.05) is 91.0 Å². The highest BCUT2D eigenvalue weighted by Crippen LogP contribution is 2.39. The monoisotopic (exact) mass is 380 g/mol. The van der Waals surface area contributed by atoms with E-state index in [0.29, 0.717) is 12.4 Å². The molecular weight excluding hydrogens is 360 g/mol. The van der Waals surface area contributed by atoms with Crippen LogP contribution < -0.4 is 4.74 Å². The van der Waals surface area contributed by atoms with Crippen LogP contribution in [-0.4, -0.2) is 11.1 Å². The molecule has 0 heterocycles. The van der Waals surface area contributed by atoms with Crippen LogP contribution in [0.3, 0.4) is 0 Å². The van der Waals surface area contributed by atoms with Gasteiger partial charge in [0.1, 0.15) is 17.9 Å². The Labute approximate surface area is 169 Å². The normalized spacial score (nSPS) is 10.5. The van der Waals surface area contributed by atoms with E-state index in [2.05, 4.69) is 0 Å². The molecule has 29 heavy (non-hydrogen) atoms. The average molecular weight is 380 g/mol. The van der Waals surface area contributed by atoms with Crippen LogP contribution in [0.5, 0.6) is 5.75 Å². The second kappa shape index (κ2) is 8.44. The van der Waals surface area contributed by atoms with Gasteiger partial charge in [-0.2, -0.15) is 0 Å². The number of benzene rings is 4. The zero-order valence-corrected chi connectivity index (χ0v) is 15.8. The minimum Gasteiger partial charge on any atom is -0.487 e. The SMILES string of the molecule is O=C(O)c1cccc(-c2ccccc2-c2ccccc2)c1OCc1ccccc1. The van der Waals surface area contributed by atoms with E-state index in [0.717, 1.165) is 27.8 Å². The van der Waals surface area contributed by atoms with E-state index in [4.69, 9.17) is 4.74 Å². The molecule has 0 fully saturated rings. The third-order valence-electron chi connectivity index (χ3n) is 4.77. The Morgan fingerprint density at radius 3 is 1.93 bits per heavy atom. The lowest BCUT2D eigenvalue weighted by atomic mass is 9.93. The maximum Gasteiger partial charge on any atom is 0.339 e. The van der Waals surface area contributed by atoms with Crippen LogP contribution in [0, 0.1) is 0 Å². The maximum absolute atomic E-state index is 11.9. The third kappa shape index (κ3) is 4.04. The number of rotatable bonds is 6. The van der Waals surface area contributed by atoms with Crippen molar-refractivity contribution in [2.75, 3.05) is 0 Å². The van der Waals surface area contributed by atoms with Crippen molar-refractivity contribution in [3.8, 4) is 28.0 Å². The number of para-hydroxylation sites is 1. The second-order valence-electron chi connectivity index (χ2n) is 6.67. The number of hydrogen-bond donors (Lipinski definition) is 1. The van der Waals surface area contributed by atoms with Crippen LogP contribution >= 0.6 is 0 Å².